The largest absolute Gasteiger partial charge is 0.467 e. The molecule has 3 N–H and O–H groups in total. The van der Waals surface area contributed by atoms with E-state index in [4.69, 9.17) is 5.73 Å². The van der Waals surface area contributed by atoms with E-state index in [-0.39, 0.29) is 23.8 Å². The van der Waals surface area contributed by atoms with Gasteiger partial charge in [-0.15, -0.1) is 0 Å². The number of hydrogen-bond donors (Lipinski definition) is 2. The van der Waals surface area contributed by atoms with Crippen LogP contribution in [0.2, 0.25) is 0 Å². The third kappa shape index (κ3) is 4.18. The van der Waals surface area contributed by atoms with Crippen LogP contribution in [-0.4, -0.2) is 31.1 Å². The summed E-state index contributed by atoms with van der Waals surface area (Å²) in [5, 5.41) is 2.65. The van der Waals surface area contributed by atoms with Gasteiger partial charge in [-0.2, -0.15) is 0 Å². The van der Waals surface area contributed by atoms with Crippen LogP contribution in [0.15, 0.2) is 0 Å². The number of amides is 1. The smallest absolute Gasteiger partial charge is 0.328 e. The molecule has 0 aromatic rings. The molecule has 0 aliphatic rings. The molecule has 0 aliphatic heterocycles. The van der Waals surface area contributed by atoms with Gasteiger partial charge in [0, 0.05) is 12.0 Å². The van der Waals surface area contributed by atoms with Gasteiger partial charge >= 0.3 is 5.97 Å². The first-order valence-corrected chi connectivity index (χ1v) is 5.45. The number of carbonyl (C=O) groups is 2. The molecule has 2 unspecified atom stereocenters. The molecule has 0 spiro atoms. The monoisotopic (exact) mass is 230 g/mol. The van der Waals surface area contributed by atoms with Gasteiger partial charge in [0.05, 0.1) is 7.11 Å². The molecule has 0 radical (unpaired) electrons. The molecule has 0 heterocycles. The van der Waals surface area contributed by atoms with Gasteiger partial charge in [0.1, 0.15) is 6.04 Å². The number of nitrogens with one attached hydrogen (secondary N) is 1. The predicted molar refractivity (Wildman–Crippen MR) is 61.6 cm³/mol. The minimum absolute atomic E-state index is 0.0170. The van der Waals surface area contributed by atoms with Crippen LogP contribution in [0.4, 0.5) is 0 Å². The van der Waals surface area contributed by atoms with E-state index in [0.29, 0.717) is 0 Å². The molecule has 94 valence electrons. The number of esters is 1. The summed E-state index contributed by atoms with van der Waals surface area (Å²) in [6.07, 6.45) is 0. The van der Waals surface area contributed by atoms with Gasteiger partial charge in [-0.1, -0.05) is 20.8 Å². The Morgan fingerprint density at radius 1 is 1.19 bits per heavy atom. The molecule has 5 nitrogen and oxygen atoms in total. The maximum Gasteiger partial charge on any atom is 0.328 e. The fraction of sp³-hybridized carbons (Fsp3) is 0.818. The summed E-state index contributed by atoms with van der Waals surface area (Å²) in [7, 11) is 1.30. The van der Waals surface area contributed by atoms with Crippen LogP contribution in [0.3, 0.4) is 0 Å². The van der Waals surface area contributed by atoms with E-state index in [1.165, 1.54) is 7.11 Å². The number of carbonyl (C=O) groups excluding carboxylic acids is 2. The van der Waals surface area contributed by atoms with Gasteiger partial charge in [-0.05, 0) is 12.8 Å². The van der Waals surface area contributed by atoms with Crippen molar-refractivity contribution in [3.63, 3.8) is 0 Å². The van der Waals surface area contributed by atoms with Gasteiger partial charge in [-0.3, -0.25) is 4.79 Å². The zero-order chi connectivity index (χ0) is 12.9. The van der Waals surface area contributed by atoms with E-state index in [1.807, 2.05) is 13.8 Å². The zero-order valence-electron chi connectivity index (χ0n) is 10.6. The molecule has 0 fully saturated rings. The molecule has 0 rings (SSSR count). The highest BCUT2D eigenvalue weighted by atomic mass is 16.5. The Hall–Kier alpha value is -1.10. The van der Waals surface area contributed by atoms with Gasteiger partial charge in [0.15, 0.2) is 0 Å². The molecule has 3 atom stereocenters. The molecule has 0 saturated carbocycles. The van der Waals surface area contributed by atoms with Gasteiger partial charge < -0.3 is 15.8 Å². The Bertz CT molecular complexity index is 252. The van der Waals surface area contributed by atoms with Crippen LogP contribution < -0.4 is 11.1 Å². The van der Waals surface area contributed by atoms with Crippen LogP contribution in [0.5, 0.6) is 0 Å². The summed E-state index contributed by atoms with van der Waals surface area (Å²) in [5.74, 6) is -0.998. The molecular weight excluding hydrogens is 208 g/mol. The topological polar surface area (TPSA) is 81.4 Å². The van der Waals surface area contributed by atoms with Crippen LogP contribution in [0, 0.1) is 11.8 Å². The summed E-state index contributed by atoms with van der Waals surface area (Å²) < 4.78 is 4.63. The molecule has 0 aliphatic carbocycles. The number of nitrogens with two attached hydrogens (primary N) is 1. The summed E-state index contributed by atoms with van der Waals surface area (Å²) in [4.78, 5) is 23.1. The standard InChI is InChI=1S/C11H22N2O3/c1-6(2)9(11(15)16-5)13-10(14)7(3)8(4)12/h6-9H,12H2,1-5H3,(H,13,14)/t7?,8?,9-/m0/s1. The lowest BCUT2D eigenvalue weighted by molar-refractivity contribution is -0.146. The maximum atomic E-state index is 11.7. The summed E-state index contributed by atoms with van der Waals surface area (Å²) in [5.41, 5.74) is 5.62. The van der Waals surface area contributed by atoms with Crippen molar-refractivity contribution >= 4 is 11.9 Å². The Morgan fingerprint density at radius 2 is 1.69 bits per heavy atom. The highest BCUT2D eigenvalue weighted by Crippen LogP contribution is 2.06. The first-order valence-electron chi connectivity index (χ1n) is 5.45. The second-order valence-electron chi connectivity index (χ2n) is 4.40. The summed E-state index contributed by atoms with van der Waals surface area (Å²) in [6, 6.07) is -0.857. The molecule has 0 aromatic carbocycles. The lowest BCUT2D eigenvalue weighted by Gasteiger charge is -2.23. The predicted octanol–water partition coefficient (Wildman–Crippen LogP) is 0.284. The number of rotatable bonds is 5. The fourth-order valence-electron chi connectivity index (χ4n) is 1.15. The van der Waals surface area contributed by atoms with Gasteiger partial charge in [-0.25, -0.2) is 4.79 Å². The van der Waals surface area contributed by atoms with Crippen molar-refractivity contribution in [3.05, 3.63) is 0 Å². The van der Waals surface area contributed by atoms with E-state index in [2.05, 4.69) is 10.1 Å². The molecule has 0 saturated heterocycles. The molecular formula is C11H22N2O3. The van der Waals surface area contributed by atoms with Gasteiger partial charge in [0.2, 0.25) is 5.91 Å². The highest BCUT2D eigenvalue weighted by Gasteiger charge is 2.27. The van der Waals surface area contributed by atoms with Gasteiger partial charge in [0.25, 0.3) is 0 Å². The zero-order valence-corrected chi connectivity index (χ0v) is 10.6. The van der Waals surface area contributed by atoms with Crippen molar-refractivity contribution in [1.82, 2.24) is 5.32 Å². The number of hydrogen-bond acceptors (Lipinski definition) is 4. The summed E-state index contributed by atoms with van der Waals surface area (Å²) in [6.45, 7) is 7.18. The quantitative estimate of drug-likeness (QED) is 0.665. The Balaban J connectivity index is 4.53. The number of ether oxygens (including phenoxy) is 1. The fourth-order valence-corrected chi connectivity index (χ4v) is 1.15. The second kappa shape index (κ2) is 6.48. The third-order valence-electron chi connectivity index (χ3n) is 2.62. The van der Waals surface area contributed by atoms with Crippen LogP contribution in [-0.2, 0) is 14.3 Å². The third-order valence-corrected chi connectivity index (χ3v) is 2.62. The van der Waals surface area contributed by atoms with E-state index < -0.39 is 12.0 Å². The minimum Gasteiger partial charge on any atom is -0.467 e. The molecule has 16 heavy (non-hydrogen) atoms. The molecule has 0 aromatic heterocycles. The maximum absolute atomic E-state index is 11.7. The molecule has 1 amide bonds. The van der Waals surface area contributed by atoms with Crippen molar-refractivity contribution in [2.45, 2.75) is 39.8 Å². The first-order chi connectivity index (χ1) is 7.31. The van der Waals surface area contributed by atoms with E-state index >= 15 is 0 Å². The lowest BCUT2D eigenvalue weighted by Crippen LogP contribution is -2.49. The Morgan fingerprint density at radius 3 is 2.00 bits per heavy atom. The minimum atomic E-state index is -0.612. The summed E-state index contributed by atoms with van der Waals surface area (Å²) >= 11 is 0. The molecule has 0 bridgehead atoms. The Kier molecular flexibility index (Phi) is 6.03. The van der Waals surface area contributed by atoms with E-state index in [1.54, 1.807) is 13.8 Å². The molecule has 5 heteroatoms. The highest BCUT2D eigenvalue weighted by molar-refractivity contribution is 5.86. The van der Waals surface area contributed by atoms with Crippen molar-refractivity contribution in [2.24, 2.45) is 17.6 Å². The number of methoxy groups -OCH3 is 1. The van der Waals surface area contributed by atoms with Crippen LogP contribution >= 0.6 is 0 Å². The van der Waals surface area contributed by atoms with Crippen molar-refractivity contribution in [2.75, 3.05) is 7.11 Å². The van der Waals surface area contributed by atoms with Crippen molar-refractivity contribution < 1.29 is 14.3 Å². The van der Waals surface area contributed by atoms with Crippen molar-refractivity contribution in [1.29, 1.82) is 0 Å². The normalized spacial score (nSPS) is 16.4. The van der Waals surface area contributed by atoms with E-state index in [0.717, 1.165) is 0 Å². The lowest BCUT2D eigenvalue weighted by atomic mass is 10.0. The SMILES string of the molecule is COC(=O)[C@@H](NC(=O)C(C)C(C)N)C(C)C. The average molecular weight is 230 g/mol. The Labute approximate surface area is 96.7 Å². The average Bonchev–Trinajstić information content (AvgIpc) is 2.22. The van der Waals surface area contributed by atoms with Crippen LogP contribution in [0.25, 0.3) is 0 Å². The van der Waals surface area contributed by atoms with Crippen molar-refractivity contribution in [3.8, 4) is 0 Å². The van der Waals surface area contributed by atoms with E-state index in [9.17, 15) is 9.59 Å². The second-order valence-corrected chi connectivity index (χ2v) is 4.40. The first kappa shape index (κ1) is 14.9. The van der Waals surface area contributed by atoms with Crippen LogP contribution in [0.1, 0.15) is 27.7 Å².